The average Bonchev–Trinajstić information content (AvgIpc) is 3.81. The molecule has 2 saturated carbocycles. The summed E-state index contributed by atoms with van der Waals surface area (Å²) >= 11 is 0. The first-order chi connectivity index (χ1) is 34.5. The van der Waals surface area contributed by atoms with E-state index in [2.05, 4.69) is 85.0 Å². The number of hydrogen-bond donors (Lipinski definition) is 4. The van der Waals surface area contributed by atoms with Gasteiger partial charge in [-0.3, -0.25) is 24.7 Å². The summed E-state index contributed by atoms with van der Waals surface area (Å²) in [4.78, 5) is 40.4. The quantitative estimate of drug-likeness (QED) is 0.0530. The minimum Gasteiger partial charge on any atom is -0.497 e. The fraction of sp³-hybridized carbons (Fsp3) is 0.418. The number of pyridine rings is 1. The first-order valence-corrected chi connectivity index (χ1v) is 26.5. The van der Waals surface area contributed by atoms with Gasteiger partial charge in [-0.05, 0) is 123 Å². The highest BCUT2D eigenvalue weighted by molar-refractivity contribution is 7.90. The third-order valence-corrected chi connectivity index (χ3v) is 16.9. The van der Waals surface area contributed by atoms with Crippen molar-refractivity contribution in [2.75, 3.05) is 56.6 Å². The molecule has 6 aromatic rings. The molecule has 10 rings (SSSR count). The molecule has 2 saturated heterocycles. The van der Waals surface area contributed by atoms with Crippen LogP contribution >= 0.6 is 0 Å². The number of carbonyl (C=O) groups is 1. The minimum atomic E-state index is -4.59. The van der Waals surface area contributed by atoms with E-state index in [1.807, 2.05) is 31.2 Å². The lowest BCUT2D eigenvalue weighted by Gasteiger charge is -2.63. The number of nitro groups is 1. The zero-order chi connectivity index (χ0) is 50.4. The van der Waals surface area contributed by atoms with Crippen molar-refractivity contribution in [3.63, 3.8) is 0 Å². The second-order valence-electron chi connectivity index (χ2n) is 21.1. The van der Waals surface area contributed by atoms with Crippen LogP contribution in [0.25, 0.3) is 11.0 Å². The standard InChI is InChI=1S/C55H64N8O8S/c1-36(2)45-7-5-6-8-46(45)50-33-60(32-38-9-12-42(70-4)13-10-38)23-24-62(50)41-28-55(29-41)34-61(35-55)40-11-15-47(51(26-40)71-43-25-39-19-22-56-52(39)58-31-43)53(64)59-72(68,69)44-14-16-48(49(27-44)63(66)67)57-30-37-17-20-54(3,65)21-18-37/h5-16,19,22,25-27,31,36-37,41,50,57,65H,17-18,20-21,23-24,28-30,32-35H2,1-4H3,(H,56,58)(H,59,64). The second-order valence-corrected chi connectivity index (χ2v) is 22.8. The van der Waals surface area contributed by atoms with E-state index in [1.165, 1.54) is 35.0 Å². The topological polar surface area (TPSA) is 195 Å². The number of rotatable bonds is 16. The number of aromatic nitrogens is 2. The van der Waals surface area contributed by atoms with Gasteiger partial charge in [-0.2, -0.15) is 0 Å². The smallest absolute Gasteiger partial charge is 0.293 e. The molecule has 0 radical (unpaired) electrons. The van der Waals surface area contributed by atoms with Gasteiger partial charge in [0, 0.05) is 92.7 Å². The Labute approximate surface area is 420 Å². The first kappa shape index (κ1) is 49.1. The largest absolute Gasteiger partial charge is 0.497 e. The highest BCUT2D eigenvalue weighted by Gasteiger charge is 2.55. The third kappa shape index (κ3) is 10.4. The number of ether oxygens (including phenoxy) is 2. The van der Waals surface area contributed by atoms with Crippen LogP contribution in [0, 0.1) is 21.4 Å². The van der Waals surface area contributed by atoms with Crippen molar-refractivity contribution in [3.05, 3.63) is 142 Å². The van der Waals surface area contributed by atoms with Gasteiger partial charge in [0.1, 0.15) is 28.6 Å². The predicted octanol–water partition coefficient (Wildman–Crippen LogP) is 9.40. The summed E-state index contributed by atoms with van der Waals surface area (Å²) in [6.45, 7) is 12.2. The Kier molecular flexibility index (Phi) is 13.5. The maximum absolute atomic E-state index is 14.1. The summed E-state index contributed by atoms with van der Waals surface area (Å²) in [5, 5.41) is 26.5. The van der Waals surface area contributed by atoms with Crippen LogP contribution in [0.5, 0.6) is 17.2 Å². The van der Waals surface area contributed by atoms with Crippen LogP contribution in [0.3, 0.4) is 0 Å². The number of H-pyrrole nitrogens is 1. The molecule has 2 aliphatic heterocycles. The number of aliphatic hydroxyl groups is 1. The number of carbonyl (C=O) groups excluding carboxylic acids is 1. The Morgan fingerprint density at radius 3 is 2.47 bits per heavy atom. The van der Waals surface area contributed by atoms with E-state index in [9.17, 15) is 28.4 Å². The maximum atomic E-state index is 14.1. The van der Waals surface area contributed by atoms with E-state index >= 15 is 0 Å². The van der Waals surface area contributed by atoms with E-state index in [4.69, 9.17) is 9.47 Å². The zero-order valence-corrected chi connectivity index (χ0v) is 42.2. The molecule has 1 amide bonds. The molecule has 4 N–H and O–H groups in total. The number of benzene rings is 4. The van der Waals surface area contributed by atoms with Gasteiger partial charge in [-0.25, -0.2) is 18.1 Å². The number of hydrogen-bond acceptors (Lipinski definition) is 13. The molecule has 4 aromatic carbocycles. The number of amides is 1. The van der Waals surface area contributed by atoms with E-state index in [-0.39, 0.29) is 34.4 Å². The van der Waals surface area contributed by atoms with Crippen LogP contribution in [0.4, 0.5) is 17.1 Å². The van der Waals surface area contributed by atoms with Crippen molar-refractivity contribution < 1.29 is 32.7 Å². The molecule has 4 fully saturated rings. The molecule has 72 heavy (non-hydrogen) atoms. The fourth-order valence-corrected chi connectivity index (χ4v) is 12.5. The third-order valence-electron chi connectivity index (χ3n) is 15.6. The molecule has 378 valence electrons. The van der Waals surface area contributed by atoms with Crippen LogP contribution in [0.15, 0.2) is 114 Å². The Bertz CT molecular complexity index is 3060. The summed E-state index contributed by atoms with van der Waals surface area (Å²) in [7, 11) is -2.89. The lowest BCUT2D eigenvalue weighted by atomic mass is 9.59. The van der Waals surface area contributed by atoms with E-state index in [1.54, 1.807) is 31.5 Å². The van der Waals surface area contributed by atoms with Crippen LogP contribution in [-0.2, 0) is 16.6 Å². The molecule has 2 aromatic heterocycles. The molecule has 0 bridgehead atoms. The van der Waals surface area contributed by atoms with E-state index < -0.39 is 37.0 Å². The zero-order valence-electron chi connectivity index (χ0n) is 41.3. The van der Waals surface area contributed by atoms with Crippen LogP contribution in [-0.4, -0.2) is 102 Å². The average molecular weight is 997 g/mol. The van der Waals surface area contributed by atoms with Gasteiger partial charge < -0.3 is 29.8 Å². The number of nitrogens with one attached hydrogen (secondary N) is 3. The lowest BCUT2D eigenvalue weighted by Crippen LogP contribution is -2.68. The lowest BCUT2D eigenvalue weighted by molar-refractivity contribution is -0.384. The maximum Gasteiger partial charge on any atom is 0.293 e. The van der Waals surface area contributed by atoms with E-state index in [0.29, 0.717) is 42.7 Å². The molecule has 2 aliphatic carbocycles. The van der Waals surface area contributed by atoms with Gasteiger partial charge in [0.25, 0.3) is 21.6 Å². The van der Waals surface area contributed by atoms with Gasteiger partial charge in [-0.15, -0.1) is 0 Å². The number of aromatic amines is 1. The number of piperazine rings is 1. The van der Waals surface area contributed by atoms with Crippen LogP contribution in [0.1, 0.15) is 98.3 Å². The SMILES string of the molecule is COc1ccc(CN2CCN(C3CC4(C3)CN(c3ccc(C(=O)NS(=O)(=O)c5ccc(NCC6CCC(C)(O)CC6)c([N+](=O)[O-])c5)c(Oc5cnc6[nH]ccc6c5)c3)C4)C(c3ccccc3C(C)C)C2)cc1. The van der Waals surface area contributed by atoms with Gasteiger partial charge in [0.05, 0.1) is 34.3 Å². The Morgan fingerprint density at radius 1 is 0.972 bits per heavy atom. The van der Waals surface area contributed by atoms with Gasteiger partial charge in [-0.1, -0.05) is 50.2 Å². The van der Waals surface area contributed by atoms with Gasteiger partial charge in [0.2, 0.25) is 0 Å². The molecule has 17 heteroatoms. The van der Waals surface area contributed by atoms with Crippen molar-refractivity contribution in [1.82, 2.24) is 24.5 Å². The number of nitrogens with zero attached hydrogens (tertiary/aromatic N) is 5. The monoisotopic (exact) mass is 996 g/mol. The highest BCUT2D eigenvalue weighted by Crippen LogP contribution is 2.54. The summed E-state index contributed by atoms with van der Waals surface area (Å²) in [6, 6.07) is 30.4. The second kappa shape index (κ2) is 19.8. The first-order valence-electron chi connectivity index (χ1n) is 25.1. The molecular formula is C55H64N8O8S. The predicted molar refractivity (Wildman–Crippen MR) is 277 cm³/mol. The number of sulfonamides is 1. The molecular weight excluding hydrogens is 933 g/mol. The molecule has 1 atom stereocenters. The summed E-state index contributed by atoms with van der Waals surface area (Å²) in [5.74, 6) is 0.999. The van der Waals surface area contributed by atoms with Gasteiger partial charge >= 0.3 is 0 Å². The Balaban J connectivity index is 0.839. The van der Waals surface area contributed by atoms with Crippen molar-refractivity contribution in [2.24, 2.45) is 11.3 Å². The normalized spacial score (nSPS) is 21.6. The summed E-state index contributed by atoms with van der Waals surface area (Å²) in [6.07, 6.45) is 8.24. The minimum absolute atomic E-state index is 0.0338. The van der Waals surface area contributed by atoms with Gasteiger partial charge in [0.15, 0.2) is 0 Å². The van der Waals surface area contributed by atoms with Crippen LogP contribution < -0.4 is 24.4 Å². The molecule has 16 nitrogen and oxygen atoms in total. The van der Waals surface area contributed by atoms with Crippen LogP contribution in [0.2, 0.25) is 0 Å². The van der Waals surface area contributed by atoms with Crippen molar-refractivity contribution in [2.45, 2.75) is 94.3 Å². The van der Waals surface area contributed by atoms with E-state index in [0.717, 1.165) is 87.8 Å². The fourth-order valence-electron chi connectivity index (χ4n) is 11.5. The van der Waals surface area contributed by atoms with Crippen molar-refractivity contribution >= 4 is 44.0 Å². The number of fused-ring (bicyclic) bond motifs is 1. The summed E-state index contributed by atoms with van der Waals surface area (Å²) in [5.41, 5.74) is 4.71. The van der Waals surface area contributed by atoms with Crippen molar-refractivity contribution in [1.29, 1.82) is 0 Å². The Morgan fingerprint density at radius 2 is 1.74 bits per heavy atom. The molecule has 1 spiro atoms. The van der Waals surface area contributed by atoms with Crippen molar-refractivity contribution in [3.8, 4) is 17.2 Å². The number of nitro benzene ring substituents is 1. The Hall–Kier alpha value is -6.53. The molecule has 4 aliphatic rings. The highest BCUT2D eigenvalue weighted by atomic mass is 32.2. The number of methoxy groups -OCH3 is 1. The number of anilines is 2. The summed E-state index contributed by atoms with van der Waals surface area (Å²) < 4.78 is 41.6. The molecule has 4 heterocycles. The molecule has 1 unspecified atom stereocenters.